The summed E-state index contributed by atoms with van der Waals surface area (Å²) in [6.07, 6.45) is -3.77. The molecule has 4 amide bonds. The van der Waals surface area contributed by atoms with Crippen LogP contribution in [0.5, 0.6) is 0 Å². The second-order valence-electron chi connectivity index (χ2n) is 9.16. The van der Waals surface area contributed by atoms with E-state index in [-0.39, 0.29) is 25.3 Å². The Hall–Kier alpha value is -2.84. The average Bonchev–Trinajstić information content (AvgIpc) is 3.32. The number of nitrogens with zero attached hydrogens (tertiary/aromatic N) is 2. The molecule has 0 aromatic rings. The highest BCUT2D eigenvalue weighted by Crippen LogP contribution is 2.27. The normalized spacial score (nSPS) is 23.2. The molecule has 0 saturated carbocycles. The summed E-state index contributed by atoms with van der Waals surface area (Å²) in [5.41, 5.74) is -1.05. The van der Waals surface area contributed by atoms with Gasteiger partial charge < -0.3 is 20.9 Å². The standard InChI is InChI=1S/C20H28F3N5O4/c1-19(2,3)14(27-18(32)20(21,22)23)17(31)28-8-4-5-13(28)16(30)26-12(10-24)9-11-6-7-25-15(11)29/h11-14H,4-9H2,1-3H3,(H,25,29)(H,26,30)(H,27,32)/t11?,12-,13?,14+/m0/s1. The van der Waals surface area contributed by atoms with Crippen molar-refractivity contribution < 1.29 is 32.3 Å². The van der Waals surface area contributed by atoms with Crippen molar-refractivity contribution in [1.29, 1.82) is 5.26 Å². The van der Waals surface area contributed by atoms with Gasteiger partial charge in [-0.25, -0.2) is 0 Å². The molecule has 2 aliphatic rings. The van der Waals surface area contributed by atoms with E-state index < -0.39 is 53.4 Å². The van der Waals surface area contributed by atoms with Crippen molar-refractivity contribution in [2.45, 2.75) is 70.8 Å². The molecule has 0 radical (unpaired) electrons. The number of alkyl halides is 3. The number of hydrogen-bond donors (Lipinski definition) is 3. The molecule has 2 saturated heterocycles. The Bertz CT molecular complexity index is 803. The Kier molecular flexibility index (Phi) is 7.74. The molecular weight excluding hydrogens is 431 g/mol. The van der Waals surface area contributed by atoms with Crippen LogP contribution in [0.15, 0.2) is 0 Å². The lowest BCUT2D eigenvalue weighted by molar-refractivity contribution is -0.176. The fraction of sp³-hybridized carbons (Fsp3) is 0.750. The number of carbonyl (C=O) groups is 4. The highest BCUT2D eigenvalue weighted by molar-refractivity contribution is 5.94. The fourth-order valence-electron chi connectivity index (χ4n) is 3.90. The van der Waals surface area contributed by atoms with Crippen LogP contribution in [0.2, 0.25) is 0 Å². The van der Waals surface area contributed by atoms with E-state index in [4.69, 9.17) is 0 Å². The van der Waals surface area contributed by atoms with Crippen molar-refractivity contribution in [2.75, 3.05) is 13.1 Å². The quantitative estimate of drug-likeness (QED) is 0.536. The summed E-state index contributed by atoms with van der Waals surface area (Å²) in [7, 11) is 0. The first-order valence-electron chi connectivity index (χ1n) is 10.4. The SMILES string of the molecule is CC(C)(C)[C@H](NC(=O)C(F)(F)F)C(=O)N1CCCC1C(=O)N[C@H](C#N)CC1CCNC1=O. The molecular formula is C20H28F3N5O4. The topological polar surface area (TPSA) is 131 Å². The predicted octanol–water partition coefficient (Wildman–Crippen LogP) is 0.605. The number of nitriles is 1. The molecule has 2 fully saturated rings. The van der Waals surface area contributed by atoms with Crippen LogP contribution in [0.3, 0.4) is 0 Å². The molecule has 12 heteroatoms. The molecule has 0 spiro atoms. The van der Waals surface area contributed by atoms with Crippen LogP contribution in [-0.4, -0.2) is 65.9 Å². The van der Waals surface area contributed by atoms with Gasteiger partial charge in [0.05, 0.1) is 6.07 Å². The summed E-state index contributed by atoms with van der Waals surface area (Å²) >= 11 is 0. The molecule has 0 bridgehead atoms. The molecule has 2 rings (SSSR count). The van der Waals surface area contributed by atoms with Crippen molar-refractivity contribution in [1.82, 2.24) is 20.9 Å². The van der Waals surface area contributed by atoms with Gasteiger partial charge in [-0.2, -0.15) is 18.4 Å². The molecule has 32 heavy (non-hydrogen) atoms. The zero-order valence-electron chi connectivity index (χ0n) is 18.2. The number of amides is 4. The average molecular weight is 459 g/mol. The molecule has 0 aromatic carbocycles. The minimum absolute atomic E-state index is 0.126. The van der Waals surface area contributed by atoms with Gasteiger partial charge in [-0.15, -0.1) is 0 Å². The Labute approximate surface area is 184 Å². The summed E-state index contributed by atoms with van der Waals surface area (Å²) in [5, 5.41) is 16.3. The summed E-state index contributed by atoms with van der Waals surface area (Å²) in [6.45, 7) is 5.16. The van der Waals surface area contributed by atoms with Crippen LogP contribution in [0.1, 0.15) is 46.5 Å². The summed E-state index contributed by atoms with van der Waals surface area (Å²) < 4.78 is 38.3. The number of carbonyl (C=O) groups excluding carboxylic acids is 4. The van der Waals surface area contributed by atoms with Crippen molar-refractivity contribution in [3.8, 4) is 6.07 Å². The van der Waals surface area contributed by atoms with Gasteiger partial charge in [0.2, 0.25) is 17.7 Å². The van der Waals surface area contributed by atoms with E-state index in [2.05, 4.69) is 10.6 Å². The Morgan fingerprint density at radius 1 is 1.22 bits per heavy atom. The van der Waals surface area contributed by atoms with E-state index in [0.29, 0.717) is 19.4 Å². The number of hydrogen-bond acceptors (Lipinski definition) is 5. The monoisotopic (exact) mass is 459 g/mol. The van der Waals surface area contributed by atoms with Crippen molar-refractivity contribution in [2.24, 2.45) is 11.3 Å². The van der Waals surface area contributed by atoms with Gasteiger partial charge in [0.15, 0.2) is 0 Å². The molecule has 2 heterocycles. The van der Waals surface area contributed by atoms with Gasteiger partial charge in [-0.3, -0.25) is 19.2 Å². The minimum Gasteiger partial charge on any atom is -0.356 e. The maximum atomic E-state index is 13.1. The number of likely N-dealkylation sites (tertiary alicyclic amines) is 1. The Morgan fingerprint density at radius 3 is 2.38 bits per heavy atom. The van der Waals surface area contributed by atoms with Gasteiger partial charge in [0.1, 0.15) is 18.1 Å². The second-order valence-corrected chi connectivity index (χ2v) is 9.16. The van der Waals surface area contributed by atoms with E-state index in [1.54, 1.807) is 5.32 Å². The third-order valence-electron chi connectivity index (χ3n) is 5.64. The van der Waals surface area contributed by atoms with Crippen molar-refractivity contribution in [3.63, 3.8) is 0 Å². The Morgan fingerprint density at radius 2 is 1.88 bits per heavy atom. The molecule has 0 aromatic heterocycles. The zero-order valence-corrected chi connectivity index (χ0v) is 18.2. The minimum atomic E-state index is -5.15. The Balaban J connectivity index is 2.11. The number of nitrogens with one attached hydrogen (secondary N) is 3. The number of halogens is 3. The van der Waals surface area contributed by atoms with Crippen LogP contribution in [0, 0.1) is 22.7 Å². The van der Waals surface area contributed by atoms with Crippen molar-refractivity contribution in [3.05, 3.63) is 0 Å². The van der Waals surface area contributed by atoms with Crippen LogP contribution in [-0.2, 0) is 19.2 Å². The van der Waals surface area contributed by atoms with Crippen LogP contribution >= 0.6 is 0 Å². The van der Waals surface area contributed by atoms with Crippen molar-refractivity contribution >= 4 is 23.6 Å². The number of rotatable bonds is 6. The lowest BCUT2D eigenvalue weighted by Crippen LogP contribution is -2.59. The van der Waals surface area contributed by atoms with Gasteiger partial charge in [0, 0.05) is 19.0 Å². The first-order chi connectivity index (χ1) is 14.8. The molecule has 2 unspecified atom stereocenters. The molecule has 0 aliphatic carbocycles. The van der Waals surface area contributed by atoms with Gasteiger partial charge >= 0.3 is 12.1 Å². The lowest BCUT2D eigenvalue weighted by Gasteiger charge is -2.35. The highest BCUT2D eigenvalue weighted by Gasteiger charge is 2.46. The lowest BCUT2D eigenvalue weighted by atomic mass is 9.85. The third-order valence-corrected chi connectivity index (χ3v) is 5.64. The summed E-state index contributed by atoms with van der Waals surface area (Å²) in [4.78, 5) is 50.3. The maximum absolute atomic E-state index is 13.1. The van der Waals surface area contributed by atoms with Crippen LogP contribution in [0.25, 0.3) is 0 Å². The van der Waals surface area contributed by atoms with Gasteiger partial charge in [0.25, 0.3) is 0 Å². The third kappa shape index (κ3) is 6.11. The van der Waals surface area contributed by atoms with E-state index in [1.807, 2.05) is 6.07 Å². The second kappa shape index (κ2) is 9.75. The highest BCUT2D eigenvalue weighted by atomic mass is 19.4. The van der Waals surface area contributed by atoms with Gasteiger partial charge in [-0.1, -0.05) is 20.8 Å². The van der Waals surface area contributed by atoms with E-state index in [0.717, 1.165) is 4.90 Å². The largest absolute Gasteiger partial charge is 0.471 e. The molecule has 3 N–H and O–H groups in total. The predicted molar refractivity (Wildman–Crippen MR) is 105 cm³/mol. The first-order valence-corrected chi connectivity index (χ1v) is 10.4. The fourth-order valence-corrected chi connectivity index (χ4v) is 3.90. The van der Waals surface area contributed by atoms with Crippen LogP contribution in [0.4, 0.5) is 13.2 Å². The van der Waals surface area contributed by atoms with Gasteiger partial charge in [-0.05, 0) is 31.1 Å². The van der Waals surface area contributed by atoms with E-state index >= 15 is 0 Å². The molecule has 4 atom stereocenters. The first kappa shape index (κ1) is 25.4. The molecule has 178 valence electrons. The zero-order chi connectivity index (χ0) is 24.3. The summed E-state index contributed by atoms with van der Waals surface area (Å²) in [5.74, 6) is -4.23. The smallest absolute Gasteiger partial charge is 0.356 e. The summed E-state index contributed by atoms with van der Waals surface area (Å²) in [6, 6.07) is -1.49. The van der Waals surface area contributed by atoms with E-state index in [9.17, 15) is 37.6 Å². The maximum Gasteiger partial charge on any atom is 0.471 e. The van der Waals surface area contributed by atoms with Crippen LogP contribution < -0.4 is 16.0 Å². The van der Waals surface area contributed by atoms with E-state index in [1.165, 1.54) is 20.8 Å². The molecule has 9 nitrogen and oxygen atoms in total. The molecule has 2 aliphatic heterocycles.